The molecule has 1 saturated heterocycles. The third-order valence-electron chi connectivity index (χ3n) is 6.89. The summed E-state index contributed by atoms with van der Waals surface area (Å²) in [4.78, 5) is 38.2. The van der Waals surface area contributed by atoms with E-state index in [0.717, 1.165) is 49.6 Å². The number of aryl methyl sites for hydroxylation is 1. The average Bonchev–Trinajstić information content (AvgIpc) is 3.51. The number of hydrogen-bond acceptors (Lipinski definition) is 8. The number of nitrogens with two attached hydrogens (primary N) is 2. The molecular weight excluding hydrogens is 627 g/mol. The maximum Gasteiger partial charge on any atom is 0.220 e. The van der Waals surface area contributed by atoms with E-state index in [4.69, 9.17) is 14.6 Å². The first kappa shape index (κ1) is 46.3. The molecule has 47 heavy (non-hydrogen) atoms. The third kappa shape index (κ3) is 20.9. The monoisotopic (exact) mass is 689 g/mol. The van der Waals surface area contributed by atoms with Crippen LogP contribution in [0.5, 0.6) is 0 Å². The van der Waals surface area contributed by atoms with E-state index in [1.165, 1.54) is 41.0 Å². The molecule has 0 saturated carbocycles. The molecule has 1 aromatic carbocycles. The van der Waals surface area contributed by atoms with E-state index < -0.39 is 0 Å². The molecule has 2 aliphatic rings. The fourth-order valence-corrected chi connectivity index (χ4v) is 6.94. The van der Waals surface area contributed by atoms with Gasteiger partial charge in [0.1, 0.15) is 6.79 Å². The van der Waals surface area contributed by atoms with Gasteiger partial charge in [-0.25, -0.2) is 4.98 Å². The smallest absolute Gasteiger partial charge is 0.220 e. The Kier molecular flexibility index (Phi) is 30.1. The molecule has 5 N–H and O–H groups in total. The number of thioether (sulfide) groups is 1. The minimum atomic E-state index is 0.0656. The predicted molar refractivity (Wildman–Crippen MR) is 206 cm³/mol. The molecule has 10 heteroatoms. The van der Waals surface area contributed by atoms with Gasteiger partial charge < -0.3 is 21.6 Å². The van der Waals surface area contributed by atoms with E-state index in [9.17, 15) is 4.79 Å². The highest BCUT2D eigenvalue weighted by atomic mass is 32.2. The Morgan fingerprint density at radius 1 is 1.13 bits per heavy atom. The number of carbonyl (C=O) groups excluding carboxylic acids is 3. The Hall–Kier alpha value is -2.79. The van der Waals surface area contributed by atoms with Gasteiger partial charge in [0.2, 0.25) is 12.3 Å². The third-order valence-corrected chi connectivity index (χ3v) is 8.99. The summed E-state index contributed by atoms with van der Waals surface area (Å²) in [6.07, 6.45) is 9.87. The highest BCUT2D eigenvalue weighted by Gasteiger charge is 2.21. The van der Waals surface area contributed by atoms with Crippen molar-refractivity contribution in [3.8, 4) is 0 Å². The molecule has 8 nitrogen and oxygen atoms in total. The van der Waals surface area contributed by atoms with E-state index >= 15 is 0 Å². The zero-order valence-corrected chi connectivity index (χ0v) is 31.8. The Morgan fingerprint density at radius 3 is 2.26 bits per heavy atom. The lowest BCUT2D eigenvalue weighted by Crippen LogP contribution is -2.39. The molecule has 2 unspecified atom stereocenters. The minimum absolute atomic E-state index is 0.0656. The van der Waals surface area contributed by atoms with E-state index in [-0.39, 0.29) is 18.4 Å². The van der Waals surface area contributed by atoms with Crippen molar-refractivity contribution in [3.05, 3.63) is 69.7 Å². The molecule has 4 rings (SSSR count). The van der Waals surface area contributed by atoms with Gasteiger partial charge in [-0.1, -0.05) is 96.5 Å². The van der Waals surface area contributed by atoms with Gasteiger partial charge in [0.15, 0.2) is 0 Å². The quantitative estimate of drug-likeness (QED) is 0.180. The maximum atomic E-state index is 13.0. The van der Waals surface area contributed by atoms with Gasteiger partial charge in [-0.3, -0.25) is 14.5 Å². The maximum absolute atomic E-state index is 13.0. The summed E-state index contributed by atoms with van der Waals surface area (Å²) in [5.74, 6) is 3.74. The standard InChI is InChI=1S/C29H39N3OS2.C3H8.C2H6.CH3NO.CH5N.CH2O/c1-21(2)24-9-10-26-27(19-24)35-29(31-26)12-11-28(33)30-25(18-23-7-5-4-6-8-23)17-22(3)20-32-13-15-34-16-14-32;1-3-2;1-2;2-1-3;2*1-2/h4-10,21,24-25H,3,11-20H2,1-2H3,(H,30,33);3H2,1-2H3;1-2H3;1H,(H2,2,3);2H2,1H3;1H2. The van der Waals surface area contributed by atoms with Crippen molar-refractivity contribution in [1.82, 2.24) is 15.2 Å². The molecule has 2 amide bonds. The Balaban J connectivity index is 0. The first-order valence-corrected chi connectivity index (χ1v) is 18.7. The number of thiazole rings is 1. The summed E-state index contributed by atoms with van der Waals surface area (Å²) in [6, 6.07) is 10.5. The van der Waals surface area contributed by atoms with Gasteiger partial charge in [-0.15, -0.1) is 11.3 Å². The molecule has 1 aliphatic heterocycles. The topological polar surface area (TPSA) is 131 Å². The van der Waals surface area contributed by atoms with Crippen molar-refractivity contribution in [2.45, 2.75) is 86.1 Å². The SMILES string of the molecule is C=C(CC(Cc1ccccc1)NC(=O)CCc1nc2c(s1)CC(C(C)C)C=C2)CN1CCSCC1.C=O.CC.CCC.CN.NC=O. The number of aromatic nitrogens is 1. The lowest BCUT2D eigenvalue weighted by molar-refractivity contribution is -0.121. The normalized spacial score (nSPS) is 15.0. The van der Waals surface area contributed by atoms with Crippen LogP contribution in [0.4, 0.5) is 0 Å². The Labute approximate surface area is 294 Å². The molecular formula is C37H63N5O3S2. The van der Waals surface area contributed by atoms with Crippen LogP contribution in [-0.2, 0) is 33.6 Å². The summed E-state index contributed by atoms with van der Waals surface area (Å²) in [7, 11) is 1.50. The number of nitrogens with zero attached hydrogens (tertiary/aromatic N) is 2. The molecule has 2 aromatic rings. The number of hydrogen-bond donors (Lipinski definition) is 3. The Morgan fingerprint density at radius 2 is 1.70 bits per heavy atom. The Bertz CT molecular complexity index is 1100. The van der Waals surface area contributed by atoms with Crippen molar-refractivity contribution in [3.63, 3.8) is 0 Å². The number of carbonyl (C=O) groups is 3. The van der Waals surface area contributed by atoms with Crippen LogP contribution in [0.1, 0.15) is 81.9 Å². The van der Waals surface area contributed by atoms with Crippen LogP contribution in [0, 0.1) is 11.8 Å². The number of benzene rings is 1. The largest absolute Gasteiger partial charge is 0.372 e. The molecule has 0 bridgehead atoms. The summed E-state index contributed by atoms with van der Waals surface area (Å²) in [6.45, 7) is 22.4. The van der Waals surface area contributed by atoms with Gasteiger partial charge in [0.05, 0.1) is 10.7 Å². The van der Waals surface area contributed by atoms with Crippen LogP contribution < -0.4 is 16.8 Å². The molecule has 1 aromatic heterocycles. The first-order chi connectivity index (χ1) is 22.8. The summed E-state index contributed by atoms with van der Waals surface area (Å²) >= 11 is 3.81. The van der Waals surface area contributed by atoms with Gasteiger partial charge >= 0.3 is 0 Å². The lowest BCUT2D eigenvalue weighted by atomic mass is 9.88. The number of amides is 2. The minimum Gasteiger partial charge on any atom is -0.372 e. The molecule has 1 aliphatic carbocycles. The highest BCUT2D eigenvalue weighted by molar-refractivity contribution is 7.99. The number of primary amides is 1. The van der Waals surface area contributed by atoms with Gasteiger partial charge in [-0.2, -0.15) is 11.8 Å². The van der Waals surface area contributed by atoms with Crippen LogP contribution in [0.25, 0.3) is 6.08 Å². The van der Waals surface area contributed by atoms with Crippen molar-refractivity contribution < 1.29 is 14.4 Å². The van der Waals surface area contributed by atoms with Gasteiger partial charge in [-0.05, 0) is 49.8 Å². The number of nitrogens with one attached hydrogen (secondary N) is 1. The van der Waals surface area contributed by atoms with E-state index in [1.54, 1.807) is 11.3 Å². The van der Waals surface area contributed by atoms with Crippen LogP contribution >= 0.6 is 23.1 Å². The lowest BCUT2D eigenvalue weighted by Gasteiger charge is -2.28. The van der Waals surface area contributed by atoms with Crippen LogP contribution in [0.15, 0.2) is 48.6 Å². The summed E-state index contributed by atoms with van der Waals surface area (Å²) in [5, 5.41) is 4.40. The van der Waals surface area contributed by atoms with Crippen molar-refractivity contribution in [2.75, 3.05) is 38.2 Å². The number of rotatable bonds is 11. The van der Waals surface area contributed by atoms with Gasteiger partial charge in [0.25, 0.3) is 0 Å². The number of allylic oxidation sites excluding steroid dienone is 1. The van der Waals surface area contributed by atoms with E-state index in [2.05, 4.69) is 92.4 Å². The zero-order valence-electron chi connectivity index (χ0n) is 30.1. The molecule has 266 valence electrons. The van der Waals surface area contributed by atoms with Crippen LogP contribution in [0.2, 0.25) is 0 Å². The fraction of sp³-hybridized carbons (Fsp3) is 0.568. The van der Waals surface area contributed by atoms with Gasteiger partial charge in [0, 0.05) is 54.9 Å². The predicted octanol–water partition coefficient (Wildman–Crippen LogP) is 6.57. The van der Waals surface area contributed by atoms with Crippen LogP contribution in [0.3, 0.4) is 0 Å². The first-order valence-electron chi connectivity index (χ1n) is 16.8. The second-order valence-electron chi connectivity index (χ2n) is 11.0. The number of fused-ring (bicyclic) bond motifs is 1. The van der Waals surface area contributed by atoms with Crippen molar-refractivity contribution in [1.29, 1.82) is 0 Å². The molecule has 2 heterocycles. The van der Waals surface area contributed by atoms with E-state index in [1.807, 2.05) is 38.5 Å². The molecule has 2 atom stereocenters. The fourth-order valence-electron chi connectivity index (χ4n) is 4.83. The molecule has 0 radical (unpaired) electrons. The average molecular weight is 690 g/mol. The highest BCUT2D eigenvalue weighted by Crippen LogP contribution is 2.31. The summed E-state index contributed by atoms with van der Waals surface area (Å²) < 4.78 is 0. The zero-order chi connectivity index (χ0) is 36.0. The van der Waals surface area contributed by atoms with E-state index in [0.29, 0.717) is 24.7 Å². The molecule has 1 fully saturated rings. The van der Waals surface area contributed by atoms with Crippen molar-refractivity contribution >= 4 is 48.3 Å². The second kappa shape index (κ2) is 30.5. The molecule has 0 spiro atoms. The summed E-state index contributed by atoms with van der Waals surface area (Å²) in [5.41, 5.74) is 12.2. The van der Waals surface area contributed by atoms with Crippen LogP contribution in [-0.4, -0.2) is 73.2 Å². The van der Waals surface area contributed by atoms with Crippen molar-refractivity contribution in [2.24, 2.45) is 23.3 Å². The second-order valence-corrected chi connectivity index (χ2v) is 13.4.